The number of benzene rings is 1. The summed E-state index contributed by atoms with van der Waals surface area (Å²) in [7, 11) is 0. The quantitative estimate of drug-likeness (QED) is 0.660. The summed E-state index contributed by atoms with van der Waals surface area (Å²) in [5.74, 6) is -1.44. The molecule has 0 spiro atoms. The normalized spacial score (nSPS) is 10.3. The Labute approximate surface area is 148 Å². The molecule has 3 rings (SSSR count). The molecule has 0 amide bonds. The number of hydrogen-bond acceptors (Lipinski definition) is 4. The number of carbonyl (C=O) groups excluding carboxylic acids is 1. The lowest BCUT2D eigenvalue weighted by Gasteiger charge is -2.05. The maximum Gasteiger partial charge on any atom is 0.185 e. The van der Waals surface area contributed by atoms with E-state index in [0.29, 0.717) is 23.2 Å². The summed E-state index contributed by atoms with van der Waals surface area (Å²) >= 11 is 0. The van der Waals surface area contributed by atoms with Gasteiger partial charge in [0.2, 0.25) is 0 Å². The van der Waals surface area contributed by atoms with Gasteiger partial charge in [0, 0.05) is 24.9 Å². The first-order valence-electron chi connectivity index (χ1n) is 7.81. The topological polar surface area (TPSA) is 66.6 Å². The van der Waals surface area contributed by atoms with Gasteiger partial charge in [0.15, 0.2) is 5.78 Å². The van der Waals surface area contributed by atoms with Crippen molar-refractivity contribution in [2.24, 2.45) is 0 Å². The van der Waals surface area contributed by atoms with Gasteiger partial charge < -0.3 is 0 Å². The molecule has 0 saturated heterocycles. The minimum absolute atomic E-state index is 0.125. The highest BCUT2D eigenvalue weighted by atomic mass is 19.1. The highest BCUT2D eigenvalue weighted by Crippen LogP contribution is 2.14. The van der Waals surface area contributed by atoms with Crippen LogP contribution in [0.2, 0.25) is 0 Å². The lowest BCUT2D eigenvalue weighted by atomic mass is 10.0. The van der Waals surface area contributed by atoms with Crippen molar-refractivity contribution in [3.63, 3.8) is 0 Å². The number of aromatic nitrogens is 2. The molecule has 2 heterocycles. The zero-order chi connectivity index (χ0) is 18.5. The number of Topliss-reactive ketones (excluding diaryl/α,β-unsaturated/α-hetero) is 1. The maximum absolute atomic E-state index is 13.2. The summed E-state index contributed by atoms with van der Waals surface area (Å²) in [6, 6.07) is 11.8. The minimum atomic E-state index is -0.629. The van der Waals surface area contributed by atoms with E-state index in [1.165, 1.54) is 24.5 Å². The molecule has 0 aliphatic carbocycles. The zero-order valence-electron chi connectivity index (χ0n) is 13.6. The lowest BCUT2D eigenvalue weighted by Crippen LogP contribution is -2.06. The zero-order valence-corrected chi connectivity index (χ0v) is 13.6. The van der Waals surface area contributed by atoms with Gasteiger partial charge >= 0.3 is 0 Å². The van der Waals surface area contributed by atoms with Crippen molar-refractivity contribution >= 4 is 5.78 Å². The molecule has 128 valence electrons. The van der Waals surface area contributed by atoms with Crippen LogP contribution in [0.4, 0.5) is 8.78 Å². The van der Waals surface area contributed by atoms with Crippen LogP contribution >= 0.6 is 0 Å². The Bertz CT molecular complexity index is 957. The van der Waals surface area contributed by atoms with E-state index in [4.69, 9.17) is 5.26 Å². The first-order valence-corrected chi connectivity index (χ1v) is 7.81. The Kier molecular flexibility index (Phi) is 5.09. The third kappa shape index (κ3) is 4.33. The molecule has 0 saturated carbocycles. The van der Waals surface area contributed by atoms with Crippen molar-refractivity contribution < 1.29 is 13.6 Å². The fraction of sp³-hybridized carbons (Fsp3) is 0.100. The third-order valence-corrected chi connectivity index (χ3v) is 3.74. The fourth-order valence-electron chi connectivity index (χ4n) is 2.51. The highest BCUT2D eigenvalue weighted by Gasteiger charge is 2.10. The van der Waals surface area contributed by atoms with Crippen LogP contribution in [0.3, 0.4) is 0 Å². The predicted molar refractivity (Wildman–Crippen MR) is 90.4 cm³/mol. The molecule has 2 aromatic heterocycles. The molecule has 0 atom stereocenters. The Hall–Kier alpha value is -3.46. The van der Waals surface area contributed by atoms with Gasteiger partial charge in [0.25, 0.3) is 0 Å². The smallest absolute Gasteiger partial charge is 0.185 e. The summed E-state index contributed by atoms with van der Waals surface area (Å²) in [5, 5.41) is 8.72. The Morgan fingerprint density at radius 1 is 0.923 bits per heavy atom. The number of carbonyl (C=O) groups is 1. The van der Waals surface area contributed by atoms with Crippen LogP contribution in [-0.2, 0) is 12.8 Å². The summed E-state index contributed by atoms with van der Waals surface area (Å²) in [6.45, 7) is 0. The molecule has 0 fully saturated rings. The van der Waals surface area contributed by atoms with Crippen LogP contribution in [0.25, 0.3) is 0 Å². The molecule has 6 heteroatoms. The molecular weight excluding hydrogens is 336 g/mol. The summed E-state index contributed by atoms with van der Waals surface area (Å²) in [6.07, 6.45) is 3.45. The van der Waals surface area contributed by atoms with Crippen LogP contribution in [0.5, 0.6) is 0 Å². The van der Waals surface area contributed by atoms with E-state index in [1.54, 1.807) is 24.3 Å². The largest absolute Gasteiger partial charge is 0.292 e. The number of halogens is 2. The lowest BCUT2D eigenvalue weighted by molar-refractivity contribution is 0.0988. The molecule has 0 bridgehead atoms. The van der Waals surface area contributed by atoms with Crippen molar-refractivity contribution in [3.05, 3.63) is 94.6 Å². The Morgan fingerprint density at radius 2 is 1.62 bits per heavy atom. The van der Waals surface area contributed by atoms with Gasteiger partial charge in [-0.1, -0.05) is 12.1 Å². The van der Waals surface area contributed by atoms with E-state index in [9.17, 15) is 13.6 Å². The van der Waals surface area contributed by atoms with Gasteiger partial charge in [0.05, 0.1) is 0 Å². The van der Waals surface area contributed by atoms with Gasteiger partial charge in [-0.05, 0) is 47.4 Å². The Morgan fingerprint density at radius 3 is 2.19 bits per heavy atom. The highest BCUT2D eigenvalue weighted by molar-refractivity contribution is 5.95. The molecule has 0 aliphatic heterocycles. The monoisotopic (exact) mass is 349 g/mol. The summed E-state index contributed by atoms with van der Waals surface area (Å²) < 4.78 is 26.5. The fourth-order valence-corrected chi connectivity index (χ4v) is 2.51. The second-order valence-electron chi connectivity index (χ2n) is 5.77. The van der Waals surface area contributed by atoms with Crippen LogP contribution < -0.4 is 0 Å². The number of rotatable bonds is 5. The van der Waals surface area contributed by atoms with Gasteiger partial charge in [-0.25, -0.2) is 13.8 Å². The average Bonchev–Trinajstić information content (AvgIpc) is 2.62. The van der Waals surface area contributed by atoms with Gasteiger partial charge in [-0.15, -0.1) is 0 Å². The summed E-state index contributed by atoms with van der Waals surface area (Å²) in [4.78, 5) is 20.3. The summed E-state index contributed by atoms with van der Waals surface area (Å²) in [5.41, 5.74) is 2.51. The molecule has 0 unspecified atom stereocenters. The van der Waals surface area contributed by atoms with E-state index in [1.807, 2.05) is 6.07 Å². The average molecular weight is 349 g/mol. The van der Waals surface area contributed by atoms with Crippen LogP contribution in [0, 0.1) is 23.0 Å². The molecule has 26 heavy (non-hydrogen) atoms. The second kappa shape index (κ2) is 7.62. The van der Waals surface area contributed by atoms with Crippen molar-refractivity contribution in [1.29, 1.82) is 5.26 Å². The standard InChI is InChI=1S/C20H13F2N3O/c21-16-6-15(7-17(22)9-16)5-13-2-4-19(25-12-13)20(26)8-14-1-3-18(10-23)24-11-14/h1-4,6-7,9,11-12H,5,8H2. The van der Waals surface area contributed by atoms with E-state index >= 15 is 0 Å². The molecule has 3 aromatic rings. The van der Waals surface area contributed by atoms with Crippen molar-refractivity contribution in [2.45, 2.75) is 12.8 Å². The molecule has 4 nitrogen and oxygen atoms in total. The van der Waals surface area contributed by atoms with E-state index < -0.39 is 11.6 Å². The van der Waals surface area contributed by atoms with Crippen molar-refractivity contribution in [2.75, 3.05) is 0 Å². The maximum atomic E-state index is 13.2. The molecule has 0 aliphatic rings. The van der Waals surface area contributed by atoms with Crippen LogP contribution in [-0.4, -0.2) is 15.8 Å². The first kappa shape index (κ1) is 17.4. The van der Waals surface area contributed by atoms with Crippen molar-refractivity contribution in [1.82, 2.24) is 9.97 Å². The number of nitriles is 1. The molecular formula is C20H13F2N3O. The van der Waals surface area contributed by atoms with Gasteiger partial charge in [0.1, 0.15) is 29.1 Å². The number of hydrogen-bond donors (Lipinski definition) is 0. The first-order chi connectivity index (χ1) is 12.5. The van der Waals surface area contributed by atoms with E-state index in [0.717, 1.165) is 11.6 Å². The molecule has 0 radical (unpaired) electrons. The second-order valence-corrected chi connectivity index (χ2v) is 5.77. The SMILES string of the molecule is N#Cc1ccc(CC(=O)c2ccc(Cc3cc(F)cc(F)c3)cn2)cn1. The third-order valence-electron chi connectivity index (χ3n) is 3.74. The van der Waals surface area contributed by atoms with Crippen LogP contribution in [0.1, 0.15) is 32.9 Å². The Balaban J connectivity index is 1.68. The van der Waals surface area contributed by atoms with E-state index in [2.05, 4.69) is 9.97 Å². The number of nitrogens with zero attached hydrogens (tertiary/aromatic N) is 3. The van der Waals surface area contributed by atoms with Gasteiger partial charge in [-0.3, -0.25) is 9.78 Å². The minimum Gasteiger partial charge on any atom is -0.292 e. The number of pyridine rings is 2. The molecule has 1 aromatic carbocycles. The van der Waals surface area contributed by atoms with Crippen LogP contribution in [0.15, 0.2) is 54.9 Å². The van der Waals surface area contributed by atoms with E-state index in [-0.39, 0.29) is 17.9 Å². The number of ketones is 1. The van der Waals surface area contributed by atoms with Gasteiger partial charge in [-0.2, -0.15) is 5.26 Å². The van der Waals surface area contributed by atoms with Crippen molar-refractivity contribution in [3.8, 4) is 6.07 Å². The predicted octanol–water partition coefficient (Wildman–Crippen LogP) is 3.64. The molecule has 0 N–H and O–H groups in total.